The van der Waals surface area contributed by atoms with Crippen molar-refractivity contribution in [3.8, 4) is 5.75 Å². The summed E-state index contributed by atoms with van der Waals surface area (Å²) in [6.45, 7) is 10.9. The first-order valence-corrected chi connectivity index (χ1v) is 7.70. The monoisotopic (exact) mass is 278 g/mol. The van der Waals surface area contributed by atoms with Gasteiger partial charge in [0.05, 0.1) is 12.6 Å². The third-order valence-corrected chi connectivity index (χ3v) is 4.40. The summed E-state index contributed by atoms with van der Waals surface area (Å²) < 4.78 is 5.24. The van der Waals surface area contributed by atoms with E-state index in [2.05, 4.69) is 44.7 Å². The van der Waals surface area contributed by atoms with Crippen LogP contribution in [0, 0.1) is 0 Å². The highest BCUT2D eigenvalue weighted by Gasteiger charge is 2.35. The highest BCUT2D eigenvalue weighted by Crippen LogP contribution is 2.31. The zero-order valence-electron chi connectivity index (χ0n) is 13.6. The molecule has 3 heteroatoms. The number of nitrogens with two attached hydrogens (primary N) is 1. The van der Waals surface area contributed by atoms with Gasteiger partial charge in [0.2, 0.25) is 0 Å². The lowest BCUT2D eigenvalue weighted by Crippen LogP contribution is -2.54. The number of likely N-dealkylation sites (N-methyl/N-ethyl adjacent to an activating group) is 1. The molecule has 0 aromatic heterocycles. The Morgan fingerprint density at radius 3 is 2.10 bits per heavy atom. The zero-order valence-corrected chi connectivity index (χ0v) is 13.6. The smallest absolute Gasteiger partial charge is 0.118 e. The van der Waals surface area contributed by atoms with Crippen molar-refractivity contribution in [3.05, 3.63) is 29.8 Å². The van der Waals surface area contributed by atoms with E-state index in [4.69, 9.17) is 10.5 Å². The normalized spacial score (nSPS) is 15.9. The predicted molar refractivity (Wildman–Crippen MR) is 86.2 cm³/mol. The Hall–Kier alpha value is -1.06. The quantitative estimate of drug-likeness (QED) is 0.792. The largest absolute Gasteiger partial charge is 0.497 e. The molecule has 2 atom stereocenters. The second-order valence-corrected chi connectivity index (χ2v) is 5.42. The van der Waals surface area contributed by atoms with Crippen LogP contribution in [0.2, 0.25) is 0 Å². The molecule has 0 heterocycles. The minimum absolute atomic E-state index is 0.311. The first-order chi connectivity index (χ1) is 9.53. The summed E-state index contributed by atoms with van der Waals surface area (Å²) in [6.07, 6.45) is 2.06. The molecule has 1 aromatic carbocycles. The zero-order chi connectivity index (χ0) is 15.2. The van der Waals surface area contributed by atoms with E-state index in [-0.39, 0.29) is 5.54 Å². The fraction of sp³-hybridized carbons (Fsp3) is 0.647. The van der Waals surface area contributed by atoms with Crippen LogP contribution in [-0.2, 0) is 5.54 Å². The van der Waals surface area contributed by atoms with Crippen molar-refractivity contribution >= 4 is 0 Å². The Balaban J connectivity index is 3.11. The van der Waals surface area contributed by atoms with E-state index in [0.717, 1.165) is 31.7 Å². The van der Waals surface area contributed by atoms with Crippen molar-refractivity contribution in [1.29, 1.82) is 0 Å². The van der Waals surface area contributed by atoms with Crippen molar-refractivity contribution in [3.63, 3.8) is 0 Å². The molecular formula is C17H30N2O. The van der Waals surface area contributed by atoms with E-state index >= 15 is 0 Å². The van der Waals surface area contributed by atoms with Gasteiger partial charge in [-0.3, -0.25) is 4.90 Å². The van der Waals surface area contributed by atoms with E-state index in [1.54, 1.807) is 7.11 Å². The topological polar surface area (TPSA) is 38.5 Å². The molecule has 2 unspecified atom stereocenters. The van der Waals surface area contributed by atoms with Crippen molar-refractivity contribution in [1.82, 2.24) is 4.90 Å². The van der Waals surface area contributed by atoms with Gasteiger partial charge in [0.1, 0.15) is 5.75 Å². The minimum atomic E-state index is -0.312. The van der Waals surface area contributed by atoms with Crippen LogP contribution < -0.4 is 10.5 Å². The van der Waals surface area contributed by atoms with Crippen LogP contribution in [0.15, 0.2) is 24.3 Å². The van der Waals surface area contributed by atoms with Gasteiger partial charge in [-0.15, -0.1) is 0 Å². The van der Waals surface area contributed by atoms with Crippen molar-refractivity contribution in [2.75, 3.05) is 20.2 Å². The summed E-state index contributed by atoms with van der Waals surface area (Å²) in [5, 5.41) is 0. The van der Waals surface area contributed by atoms with Gasteiger partial charge in [0, 0.05) is 6.04 Å². The Bertz CT molecular complexity index is 386. The molecule has 20 heavy (non-hydrogen) atoms. The lowest BCUT2D eigenvalue weighted by molar-refractivity contribution is 0.135. The second kappa shape index (κ2) is 7.65. The average Bonchev–Trinajstić information content (AvgIpc) is 2.48. The molecule has 114 valence electrons. The van der Waals surface area contributed by atoms with Crippen LogP contribution in [0.25, 0.3) is 0 Å². The first kappa shape index (κ1) is 17.0. The van der Waals surface area contributed by atoms with Gasteiger partial charge in [-0.25, -0.2) is 0 Å². The summed E-state index contributed by atoms with van der Waals surface area (Å²) in [5.74, 6) is 0.878. The summed E-state index contributed by atoms with van der Waals surface area (Å²) >= 11 is 0. The predicted octanol–water partition coefficient (Wildman–Crippen LogP) is 3.38. The van der Waals surface area contributed by atoms with Gasteiger partial charge in [0.25, 0.3) is 0 Å². The molecule has 0 bridgehead atoms. The van der Waals surface area contributed by atoms with Crippen molar-refractivity contribution in [2.45, 2.75) is 52.1 Å². The van der Waals surface area contributed by atoms with E-state index in [0.29, 0.717) is 6.04 Å². The molecule has 0 radical (unpaired) electrons. The molecule has 0 spiro atoms. The molecule has 1 rings (SSSR count). The second-order valence-electron chi connectivity index (χ2n) is 5.42. The Labute approximate surface area is 124 Å². The Morgan fingerprint density at radius 2 is 1.70 bits per heavy atom. The van der Waals surface area contributed by atoms with Crippen LogP contribution in [0.3, 0.4) is 0 Å². The standard InChI is InChI=1S/C17H30N2O/c1-6-13-17(18,14(4)19(7-2)8-3)15-9-11-16(20-5)12-10-15/h9-12,14H,6-8,13,18H2,1-5H3. The van der Waals surface area contributed by atoms with E-state index in [9.17, 15) is 0 Å². The van der Waals surface area contributed by atoms with Crippen LogP contribution in [-0.4, -0.2) is 31.1 Å². The summed E-state index contributed by atoms with van der Waals surface area (Å²) in [6, 6.07) is 8.53. The van der Waals surface area contributed by atoms with Crippen LogP contribution in [0.5, 0.6) is 5.75 Å². The molecular weight excluding hydrogens is 248 g/mol. The molecule has 3 nitrogen and oxygen atoms in total. The Kier molecular flexibility index (Phi) is 6.50. The lowest BCUT2D eigenvalue weighted by atomic mass is 9.80. The van der Waals surface area contributed by atoms with Gasteiger partial charge in [-0.1, -0.05) is 39.3 Å². The van der Waals surface area contributed by atoms with Gasteiger partial charge < -0.3 is 10.5 Å². The summed E-state index contributed by atoms with van der Waals surface area (Å²) in [5.41, 5.74) is 7.72. The molecule has 0 saturated carbocycles. The first-order valence-electron chi connectivity index (χ1n) is 7.70. The summed E-state index contributed by atoms with van der Waals surface area (Å²) in [4.78, 5) is 2.43. The number of hydrogen-bond donors (Lipinski definition) is 1. The fourth-order valence-electron chi connectivity index (χ4n) is 3.01. The maximum atomic E-state index is 6.83. The molecule has 2 N–H and O–H groups in total. The van der Waals surface area contributed by atoms with Gasteiger partial charge >= 0.3 is 0 Å². The molecule has 0 fully saturated rings. The van der Waals surface area contributed by atoms with Crippen molar-refractivity contribution < 1.29 is 4.74 Å². The third kappa shape index (κ3) is 3.53. The number of benzene rings is 1. The van der Waals surface area contributed by atoms with Gasteiger partial charge in [-0.05, 0) is 44.1 Å². The molecule has 0 aliphatic carbocycles. The highest BCUT2D eigenvalue weighted by atomic mass is 16.5. The number of hydrogen-bond acceptors (Lipinski definition) is 3. The average molecular weight is 278 g/mol. The number of nitrogens with zero attached hydrogens (tertiary/aromatic N) is 1. The van der Waals surface area contributed by atoms with E-state index in [1.165, 1.54) is 5.56 Å². The van der Waals surface area contributed by atoms with Crippen LogP contribution >= 0.6 is 0 Å². The molecule has 1 aromatic rings. The Morgan fingerprint density at radius 1 is 1.15 bits per heavy atom. The fourth-order valence-corrected chi connectivity index (χ4v) is 3.01. The minimum Gasteiger partial charge on any atom is -0.497 e. The summed E-state index contributed by atoms with van der Waals surface area (Å²) in [7, 11) is 1.69. The number of ether oxygens (including phenoxy) is 1. The molecule has 0 aliphatic rings. The SMILES string of the molecule is CCCC(N)(c1ccc(OC)cc1)C(C)N(CC)CC. The molecule has 0 saturated heterocycles. The van der Waals surface area contributed by atoms with Crippen LogP contribution in [0.4, 0.5) is 0 Å². The third-order valence-electron chi connectivity index (χ3n) is 4.40. The molecule has 0 amide bonds. The van der Waals surface area contributed by atoms with Gasteiger partial charge in [-0.2, -0.15) is 0 Å². The van der Waals surface area contributed by atoms with Gasteiger partial charge in [0.15, 0.2) is 0 Å². The number of rotatable bonds is 8. The lowest BCUT2D eigenvalue weighted by Gasteiger charge is -2.42. The molecule has 0 aliphatic heterocycles. The van der Waals surface area contributed by atoms with E-state index < -0.39 is 0 Å². The number of methoxy groups -OCH3 is 1. The maximum Gasteiger partial charge on any atom is 0.118 e. The van der Waals surface area contributed by atoms with E-state index in [1.807, 2.05) is 12.1 Å². The van der Waals surface area contributed by atoms with Crippen molar-refractivity contribution in [2.24, 2.45) is 5.73 Å². The van der Waals surface area contributed by atoms with Crippen LogP contribution in [0.1, 0.15) is 46.1 Å². The highest BCUT2D eigenvalue weighted by molar-refractivity contribution is 5.33. The maximum absolute atomic E-state index is 6.83.